The molecule has 0 unspecified atom stereocenters. The van der Waals surface area contributed by atoms with Crippen molar-refractivity contribution in [2.45, 2.75) is 38.6 Å². The lowest BCUT2D eigenvalue weighted by molar-refractivity contribution is -0.132. The normalized spacial score (nSPS) is 17.5. The van der Waals surface area contributed by atoms with Gasteiger partial charge in [0.1, 0.15) is 6.54 Å². The first kappa shape index (κ1) is 17.8. The zero-order valence-corrected chi connectivity index (χ0v) is 15.5. The first-order valence-electron chi connectivity index (χ1n) is 9.84. The number of carbonyl (C=O) groups is 3. The topological polar surface area (TPSA) is 62.6 Å². The lowest BCUT2D eigenvalue weighted by Crippen LogP contribution is -2.37. The van der Waals surface area contributed by atoms with Gasteiger partial charge < -0.3 is 14.4 Å². The summed E-state index contributed by atoms with van der Waals surface area (Å²) >= 11 is 0. The Bertz CT molecular complexity index is 874. The fourth-order valence-corrected chi connectivity index (χ4v) is 4.13. The highest BCUT2D eigenvalue weighted by Gasteiger charge is 2.28. The van der Waals surface area contributed by atoms with Crippen molar-refractivity contribution in [1.29, 1.82) is 0 Å². The fraction of sp³-hybridized carbons (Fsp3) is 0.476. The van der Waals surface area contributed by atoms with E-state index >= 15 is 0 Å². The minimum atomic E-state index is -0.475. The molecule has 6 nitrogen and oxygen atoms in total. The zero-order chi connectivity index (χ0) is 18.8. The monoisotopic (exact) mass is 367 g/mol. The van der Waals surface area contributed by atoms with Crippen LogP contribution in [0.15, 0.2) is 30.5 Å². The number of amides is 2. The smallest absolute Gasteiger partial charge is 0.295 e. The number of piperidine rings is 1. The number of Topliss-reactive ketones (excluding diaryl/α,β-unsaturated/α-hetero) is 1. The summed E-state index contributed by atoms with van der Waals surface area (Å²) in [5, 5.41) is 0.737. The van der Waals surface area contributed by atoms with E-state index in [2.05, 4.69) is 0 Å². The van der Waals surface area contributed by atoms with E-state index < -0.39 is 11.7 Å². The Morgan fingerprint density at radius 3 is 2.19 bits per heavy atom. The van der Waals surface area contributed by atoms with E-state index in [-0.39, 0.29) is 12.5 Å². The second-order valence-electron chi connectivity index (χ2n) is 7.46. The highest BCUT2D eigenvalue weighted by molar-refractivity contribution is 6.44. The SMILES string of the molecule is O=C(C(=O)N1CCCC1)c1cn(CC(=O)N2CCCCC2)c2ccccc12. The van der Waals surface area contributed by atoms with Gasteiger partial charge in [0.2, 0.25) is 5.91 Å². The first-order chi connectivity index (χ1) is 13.1. The molecule has 0 bridgehead atoms. The minimum Gasteiger partial charge on any atom is -0.341 e. The Balaban J connectivity index is 1.61. The number of para-hydroxylation sites is 1. The van der Waals surface area contributed by atoms with Gasteiger partial charge in [0.15, 0.2) is 0 Å². The third kappa shape index (κ3) is 3.48. The van der Waals surface area contributed by atoms with Crippen LogP contribution in [0.1, 0.15) is 42.5 Å². The Morgan fingerprint density at radius 1 is 0.815 bits per heavy atom. The average Bonchev–Trinajstić information content (AvgIpc) is 3.36. The number of hydrogen-bond donors (Lipinski definition) is 0. The summed E-state index contributed by atoms with van der Waals surface area (Å²) in [6.07, 6.45) is 6.85. The highest BCUT2D eigenvalue weighted by atomic mass is 16.2. The van der Waals surface area contributed by atoms with Gasteiger partial charge in [-0.25, -0.2) is 0 Å². The van der Waals surface area contributed by atoms with E-state index in [0.717, 1.165) is 49.7 Å². The van der Waals surface area contributed by atoms with Crippen molar-refractivity contribution in [1.82, 2.24) is 14.4 Å². The average molecular weight is 367 g/mol. The molecule has 2 aliphatic rings. The van der Waals surface area contributed by atoms with Crippen molar-refractivity contribution in [3.05, 3.63) is 36.0 Å². The van der Waals surface area contributed by atoms with E-state index in [1.807, 2.05) is 33.7 Å². The third-order valence-electron chi connectivity index (χ3n) is 5.64. The zero-order valence-electron chi connectivity index (χ0n) is 15.5. The second kappa shape index (κ2) is 7.55. The molecule has 2 saturated heterocycles. The standard InChI is InChI=1S/C21H25N3O3/c25-19(22-10-4-1-5-11-22)15-24-14-17(16-8-2-3-9-18(16)24)20(26)21(27)23-12-6-7-13-23/h2-3,8-9,14H,1,4-7,10-13,15H2. The largest absolute Gasteiger partial charge is 0.341 e. The quantitative estimate of drug-likeness (QED) is 0.616. The van der Waals surface area contributed by atoms with Gasteiger partial charge in [-0.3, -0.25) is 14.4 Å². The van der Waals surface area contributed by atoms with Crippen molar-refractivity contribution >= 4 is 28.5 Å². The summed E-state index contributed by atoms with van der Waals surface area (Å²) in [7, 11) is 0. The van der Waals surface area contributed by atoms with Gasteiger partial charge in [-0.05, 0) is 38.2 Å². The molecule has 0 aliphatic carbocycles. The van der Waals surface area contributed by atoms with Crippen LogP contribution in [0.3, 0.4) is 0 Å². The van der Waals surface area contributed by atoms with Crippen molar-refractivity contribution in [3.8, 4) is 0 Å². The van der Waals surface area contributed by atoms with Crippen LogP contribution in [-0.4, -0.2) is 58.1 Å². The Morgan fingerprint density at radius 2 is 1.44 bits per heavy atom. The van der Waals surface area contributed by atoms with Crippen molar-refractivity contribution in [2.24, 2.45) is 0 Å². The molecule has 6 heteroatoms. The van der Waals surface area contributed by atoms with Gasteiger partial charge in [0, 0.05) is 43.3 Å². The lowest BCUT2D eigenvalue weighted by Gasteiger charge is -2.27. The maximum Gasteiger partial charge on any atom is 0.295 e. The molecule has 1 aromatic heterocycles. The summed E-state index contributed by atoms with van der Waals surface area (Å²) in [6, 6.07) is 7.49. The van der Waals surface area contributed by atoms with Gasteiger partial charge >= 0.3 is 0 Å². The van der Waals surface area contributed by atoms with E-state index in [1.54, 1.807) is 11.1 Å². The molecule has 2 aliphatic heterocycles. The summed E-state index contributed by atoms with van der Waals surface area (Å²) in [4.78, 5) is 41.6. The van der Waals surface area contributed by atoms with E-state index in [9.17, 15) is 14.4 Å². The van der Waals surface area contributed by atoms with Crippen LogP contribution in [0.4, 0.5) is 0 Å². The van der Waals surface area contributed by atoms with Crippen LogP contribution < -0.4 is 0 Å². The number of nitrogens with zero attached hydrogens (tertiary/aromatic N) is 3. The number of aromatic nitrogens is 1. The Hall–Kier alpha value is -2.63. The molecule has 2 aromatic rings. The summed E-state index contributed by atoms with van der Waals surface area (Å²) in [5.41, 5.74) is 1.22. The number of carbonyl (C=O) groups excluding carboxylic acids is 3. The molecule has 0 N–H and O–H groups in total. The van der Waals surface area contributed by atoms with Crippen molar-refractivity contribution in [2.75, 3.05) is 26.2 Å². The van der Waals surface area contributed by atoms with Gasteiger partial charge in [-0.15, -0.1) is 0 Å². The van der Waals surface area contributed by atoms with E-state index in [4.69, 9.17) is 0 Å². The molecule has 27 heavy (non-hydrogen) atoms. The van der Waals surface area contributed by atoms with E-state index in [0.29, 0.717) is 18.7 Å². The fourth-order valence-electron chi connectivity index (χ4n) is 4.13. The predicted octanol–water partition coefficient (Wildman–Crippen LogP) is 2.46. The number of likely N-dealkylation sites (tertiary alicyclic amines) is 2. The molecule has 1 aromatic carbocycles. The van der Waals surface area contributed by atoms with Crippen LogP contribution in [0.25, 0.3) is 10.9 Å². The van der Waals surface area contributed by atoms with Crippen LogP contribution >= 0.6 is 0 Å². The molecule has 0 atom stereocenters. The van der Waals surface area contributed by atoms with Crippen LogP contribution in [0.2, 0.25) is 0 Å². The molecule has 0 spiro atoms. The Labute approximate surface area is 158 Å². The Kier molecular flexibility index (Phi) is 4.97. The second-order valence-corrected chi connectivity index (χ2v) is 7.46. The van der Waals surface area contributed by atoms with Gasteiger partial charge in [-0.1, -0.05) is 18.2 Å². The molecule has 142 valence electrons. The van der Waals surface area contributed by atoms with Crippen LogP contribution in [0, 0.1) is 0 Å². The van der Waals surface area contributed by atoms with Crippen molar-refractivity contribution in [3.63, 3.8) is 0 Å². The first-order valence-corrected chi connectivity index (χ1v) is 9.84. The summed E-state index contributed by atoms with van der Waals surface area (Å²) < 4.78 is 1.82. The summed E-state index contributed by atoms with van der Waals surface area (Å²) in [6.45, 7) is 3.10. The maximum atomic E-state index is 12.8. The minimum absolute atomic E-state index is 0.0697. The molecule has 2 amide bonds. The summed E-state index contributed by atoms with van der Waals surface area (Å²) in [5.74, 6) is -0.838. The van der Waals surface area contributed by atoms with E-state index in [1.165, 1.54) is 6.42 Å². The van der Waals surface area contributed by atoms with Gasteiger partial charge in [0.05, 0.1) is 5.56 Å². The molecule has 3 heterocycles. The number of ketones is 1. The molecule has 0 radical (unpaired) electrons. The molecule has 4 rings (SSSR count). The predicted molar refractivity (Wildman–Crippen MR) is 103 cm³/mol. The molecular formula is C21H25N3O3. The highest BCUT2D eigenvalue weighted by Crippen LogP contribution is 2.23. The number of hydrogen-bond acceptors (Lipinski definition) is 3. The molecule has 2 fully saturated rings. The third-order valence-corrected chi connectivity index (χ3v) is 5.64. The number of fused-ring (bicyclic) bond motifs is 1. The van der Waals surface area contributed by atoms with Crippen LogP contribution in [-0.2, 0) is 16.1 Å². The number of rotatable bonds is 4. The lowest BCUT2D eigenvalue weighted by atomic mass is 10.1. The molecular weight excluding hydrogens is 342 g/mol. The molecule has 0 saturated carbocycles. The van der Waals surface area contributed by atoms with Gasteiger partial charge in [-0.2, -0.15) is 0 Å². The maximum absolute atomic E-state index is 12.8. The number of benzene rings is 1. The van der Waals surface area contributed by atoms with Crippen molar-refractivity contribution < 1.29 is 14.4 Å². The van der Waals surface area contributed by atoms with Gasteiger partial charge in [0.25, 0.3) is 11.7 Å². The van der Waals surface area contributed by atoms with Crippen LogP contribution in [0.5, 0.6) is 0 Å².